The SMILES string of the molecule is CN(CCN1CCCCC1=O)Cc1cccc(-c2nc(CN)cc(=O)[nH]2)c1.O=C(O)C(F)(F)F.O=C(O)C(F)(F)F. The Balaban J connectivity index is 0.000000497. The first-order valence-corrected chi connectivity index (χ1v) is 11.9. The largest absolute Gasteiger partial charge is 0.490 e. The Morgan fingerprint density at radius 3 is 2.15 bits per heavy atom. The molecule has 41 heavy (non-hydrogen) atoms. The average Bonchev–Trinajstić information content (AvgIpc) is 2.87. The number of piperidine rings is 1. The molecule has 0 bridgehead atoms. The van der Waals surface area contributed by atoms with Crippen LogP contribution in [0.2, 0.25) is 0 Å². The fraction of sp³-hybridized carbons (Fsp3) is 0.458. The molecule has 1 aliphatic heterocycles. The number of benzene rings is 1. The van der Waals surface area contributed by atoms with E-state index in [0.717, 1.165) is 50.1 Å². The highest BCUT2D eigenvalue weighted by Gasteiger charge is 2.38. The number of likely N-dealkylation sites (N-methyl/N-ethyl adjacent to an activating group) is 1. The number of nitrogens with one attached hydrogen (secondary N) is 1. The van der Waals surface area contributed by atoms with Gasteiger partial charge in [0.25, 0.3) is 5.56 Å². The van der Waals surface area contributed by atoms with Gasteiger partial charge in [-0.2, -0.15) is 26.3 Å². The Morgan fingerprint density at radius 2 is 1.63 bits per heavy atom. The molecule has 0 atom stereocenters. The summed E-state index contributed by atoms with van der Waals surface area (Å²) >= 11 is 0. The second-order valence-corrected chi connectivity index (χ2v) is 8.67. The van der Waals surface area contributed by atoms with Crippen LogP contribution in [0.25, 0.3) is 11.4 Å². The first-order chi connectivity index (χ1) is 18.9. The van der Waals surface area contributed by atoms with Crippen molar-refractivity contribution in [3.05, 3.63) is 51.9 Å². The van der Waals surface area contributed by atoms with Gasteiger partial charge in [0.15, 0.2) is 0 Å². The van der Waals surface area contributed by atoms with Gasteiger partial charge in [-0.1, -0.05) is 18.2 Å². The number of hydrogen-bond acceptors (Lipinski definition) is 7. The van der Waals surface area contributed by atoms with E-state index in [1.165, 1.54) is 6.07 Å². The van der Waals surface area contributed by atoms with Crippen molar-refractivity contribution in [3.8, 4) is 11.4 Å². The first kappa shape index (κ1) is 35.0. The van der Waals surface area contributed by atoms with Crippen molar-refractivity contribution in [1.29, 1.82) is 0 Å². The third-order valence-electron chi connectivity index (χ3n) is 5.31. The van der Waals surface area contributed by atoms with Crippen molar-refractivity contribution in [2.24, 2.45) is 5.73 Å². The highest BCUT2D eigenvalue weighted by atomic mass is 19.4. The van der Waals surface area contributed by atoms with Crippen LogP contribution >= 0.6 is 0 Å². The maximum atomic E-state index is 11.9. The van der Waals surface area contributed by atoms with Gasteiger partial charge < -0.3 is 30.7 Å². The summed E-state index contributed by atoms with van der Waals surface area (Å²) < 4.78 is 63.5. The number of rotatable bonds is 7. The van der Waals surface area contributed by atoms with Crippen LogP contribution in [-0.2, 0) is 27.5 Å². The summed E-state index contributed by atoms with van der Waals surface area (Å²) in [7, 11) is 2.05. The molecule has 1 aromatic heterocycles. The average molecular weight is 598 g/mol. The zero-order valence-corrected chi connectivity index (χ0v) is 21.8. The van der Waals surface area contributed by atoms with Crippen LogP contribution in [0.15, 0.2) is 35.1 Å². The molecular formula is C24H29F6N5O6. The third kappa shape index (κ3) is 13.3. The Morgan fingerprint density at radius 1 is 1.05 bits per heavy atom. The van der Waals surface area contributed by atoms with E-state index in [0.29, 0.717) is 17.9 Å². The number of alkyl halides is 6. The molecular weight excluding hydrogens is 568 g/mol. The molecule has 0 aliphatic carbocycles. The lowest BCUT2D eigenvalue weighted by molar-refractivity contribution is -0.193. The number of halogens is 6. The Kier molecular flexibility index (Phi) is 13.4. The van der Waals surface area contributed by atoms with E-state index in [1.807, 2.05) is 23.1 Å². The monoisotopic (exact) mass is 597 g/mol. The van der Waals surface area contributed by atoms with Gasteiger partial charge in [-0.05, 0) is 31.5 Å². The normalized spacial score (nSPS) is 13.6. The van der Waals surface area contributed by atoms with Gasteiger partial charge in [-0.15, -0.1) is 0 Å². The summed E-state index contributed by atoms with van der Waals surface area (Å²) in [4.78, 5) is 52.8. The van der Waals surface area contributed by atoms with Crippen LogP contribution in [-0.4, -0.2) is 86.9 Å². The summed E-state index contributed by atoms with van der Waals surface area (Å²) in [5.41, 5.74) is 7.97. The summed E-state index contributed by atoms with van der Waals surface area (Å²) in [6, 6.07) is 9.39. The standard InChI is InChI=1S/C20H27N5O2.2C2HF3O2/c1-24(9-10-25-8-3-2-7-19(25)27)14-15-5-4-6-16(11-15)20-22-17(13-21)12-18(26)23-20;2*3-2(4,5)1(6)7/h4-6,11-12H,2-3,7-10,13-14,21H2,1H3,(H,22,23,26);2*(H,6,7). The van der Waals surface area contributed by atoms with Gasteiger partial charge in [-0.25, -0.2) is 14.6 Å². The number of aromatic amines is 1. The molecule has 1 aliphatic rings. The van der Waals surface area contributed by atoms with Gasteiger partial charge >= 0.3 is 24.3 Å². The highest BCUT2D eigenvalue weighted by Crippen LogP contribution is 2.17. The lowest BCUT2D eigenvalue weighted by atomic mass is 10.1. The molecule has 1 saturated heterocycles. The highest BCUT2D eigenvalue weighted by molar-refractivity contribution is 5.76. The molecule has 1 amide bonds. The second kappa shape index (κ2) is 15.7. The topological polar surface area (TPSA) is 170 Å². The van der Waals surface area contributed by atoms with Gasteiger partial charge in [0.05, 0.1) is 5.69 Å². The van der Waals surface area contributed by atoms with Crippen LogP contribution in [0.1, 0.15) is 30.5 Å². The first-order valence-electron chi connectivity index (χ1n) is 11.9. The number of aliphatic carboxylic acids is 2. The molecule has 2 aromatic rings. The number of amides is 1. The number of carbonyl (C=O) groups excluding carboxylic acids is 1. The smallest absolute Gasteiger partial charge is 0.475 e. The van der Waals surface area contributed by atoms with Crippen LogP contribution in [0.4, 0.5) is 26.3 Å². The molecule has 5 N–H and O–H groups in total. The number of carbonyl (C=O) groups is 3. The van der Waals surface area contributed by atoms with E-state index < -0.39 is 24.3 Å². The number of nitrogens with two attached hydrogens (primary N) is 1. The zero-order chi connectivity index (χ0) is 31.4. The Bertz CT molecular complexity index is 1210. The molecule has 0 unspecified atom stereocenters. The molecule has 0 saturated carbocycles. The molecule has 2 heterocycles. The van der Waals surface area contributed by atoms with Gasteiger partial charge in [0.1, 0.15) is 5.82 Å². The van der Waals surface area contributed by atoms with Crippen molar-refractivity contribution < 1.29 is 50.9 Å². The van der Waals surface area contributed by atoms with E-state index in [4.69, 9.17) is 25.5 Å². The van der Waals surface area contributed by atoms with Crippen LogP contribution in [0.5, 0.6) is 0 Å². The van der Waals surface area contributed by atoms with Crippen molar-refractivity contribution in [2.75, 3.05) is 26.7 Å². The van der Waals surface area contributed by atoms with Crippen LogP contribution < -0.4 is 11.3 Å². The zero-order valence-electron chi connectivity index (χ0n) is 21.8. The van der Waals surface area contributed by atoms with E-state index in [9.17, 15) is 35.9 Å². The summed E-state index contributed by atoms with van der Waals surface area (Å²) in [5.74, 6) is -4.71. The van der Waals surface area contributed by atoms with E-state index in [-0.39, 0.29) is 18.0 Å². The minimum absolute atomic E-state index is 0.200. The number of nitrogens with zero attached hydrogens (tertiary/aromatic N) is 3. The van der Waals surface area contributed by atoms with Crippen LogP contribution in [0, 0.1) is 0 Å². The molecule has 0 spiro atoms. The lowest BCUT2D eigenvalue weighted by Gasteiger charge is -2.28. The van der Waals surface area contributed by atoms with Crippen molar-refractivity contribution >= 4 is 17.8 Å². The predicted octanol–water partition coefficient (Wildman–Crippen LogP) is 2.61. The van der Waals surface area contributed by atoms with E-state index >= 15 is 0 Å². The van der Waals surface area contributed by atoms with Crippen molar-refractivity contribution in [1.82, 2.24) is 19.8 Å². The fourth-order valence-corrected chi connectivity index (χ4v) is 3.35. The van der Waals surface area contributed by atoms with E-state index in [1.54, 1.807) is 0 Å². The molecule has 0 radical (unpaired) electrons. The van der Waals surface area contributed by atoms with E-state index in [2.05, 4.69) is 28.0 Å². The number of likely N-dealkylation sites (tertiary alicyclic amines) is 1. The van der Waals surface area contributed by atoms with Gasteiger partial charge in [0, 0.05) is 50.8 Å². The molecule has 3 rings (SSSR count). The maximum absolute atomic E-state index is 11.9. The summed E-state index contributed by atoms with van der Waals surface area (Å²) in [6.45, 7) is 3.46. The predicted molar refractivity (Wildman–Crippen MR) is 132 cm³/mol. The number of carboxylic acid groups (broad SMARTS) is 2. The third-order valence-corrected chi connectivity index (χ3v) is 5.31. The van der Waals surface area contributed by atoms with Crippen LogP contribution in [0.3, 0.4) is 0 Å². The Hall–Kier alpha value is -3.99. The second-order valence-electron chi connectivity index (χ2n) is 8.67. The number of H-pyrrole nitrogens is 1. The summed E-state index contributed by atoms with van der Waals surface area (Å²) in [5, 5.41) is 14.2. The maximum Gasteiger partial charge on any atom is 0.490 e. The minimum atomic E-state index is -5.08. The quantitative estimate of drug-likeness (QED) is 0.351. The summed E-state index contributed by atoms with van der Waals surface area (Å²) in [6.07, 6.45) is -7.37. The van der Waals surface area contributed by atoms with Crippen molar-refractivity contribution in [2.45, 2.75) is 44.7 Å². The number of hydrogen-bond donors (Lipinski definition) is 4. The minimum Gasteiger partial charge on any atom is -0.475 e. The molecule has 1 fully saturated rings. The molecule has 11 nitrogen and oxygen atoms in total. The number of aromatic nitrogens is 2. The number of carboxylic acids is 2. The molecule has 17 heteroatoms. The van der Waals surface area contributed by atoms with Gasteiger partial charge in [-0.3, -0.25) is 9.59 Å². The lowest BCUT2D eigenvalue weighted by Crippen LogP contribution is -2.40. The van der Waals surface area contributed by atoms with Crippen molar-refractivity contribution in [3.63, 3.8) is 0 Å². The fourth-order valence-electron chi connectivity index (χ4n) is 3.35. The molecule has 228 valence electrons. The Labute approximate surface area is 229 Å². The molecule has 1 aromatic carbocycles. The van der Waals surface area contributed by atoms with Gasteiger partial charge in [0.2, 0.25) is 5.91 Å².